The first kappa shape index (κ1) is 61.8. The van der Waals surface area contributed by atoms with E-state index in [1.807, 2.05) is 24.3 Å². The molecule has 18 nitrogen and oxygen atoms in total. The quantitative estimate of drug-likeness (QED) is 0.0406. The van der Waals surface area contributed by atoms with Crippen molar-refractivity contribution in [1.82, 2.24) is 9.80 Å². The van der Waals surface area contributed by atoms with Crippen molar-refractivity contribution in [2.45, 2.75) is 99.5 Å². The molecule has 82 heavy (non-hydrogen) atoms. The number of carboxylic acid groups (broad SMARTS) is 4. The Morgan fingerprint density at radius 1 is 0.427 bits per heavy atom. The van der Waals surface area contributed by atoms with Crippen molar-refractivity contribution in [2.24, 2.45) is 0 Å². The molecule has 0 spiro atoms. The first-order chi connectivity index (χ1) is 39.5. The number of carbonyl (C=O) groups is 4. The van der Waals surface area contributed by atoms with E-state index >= 15 is 0 Å². The smallest absolute Gasteiger partial charge is 0.335 e. The molecule has 0 radical (unpaired) electrons. The zero-order chi connectivity index (χ0) is 58.7. The number of aliphatic carboxylic acids is 4. The van der Waals surface area contributed by atoms with Gasteiger partial charge in [-0.25, -0.2) is 19.2 Å². The van der Waals surface area contributed by atoms with Crippen molar-refractivity contribution in [3.8, 4) is 23.0 Å². The number of aliphatic hydroxyl groups excluding tert-OH is 4. The van der Waals surface area contributed by atoms with E-state index in [-0.39, 0.29) is 11.8 Å². The number of nitrogens with zero attached hydrogens (tertiary/aromatic N) is 2. The molecule has 2 saturated heterocycles. The lowest BCUT2D eigenvalue weighted by molar-refractivity contribution is -0.165. The van der Waals surface area contributed by atoms with E-state index in [1.165, 1.54) is 96.4 Å². The Morgan fingerprint density at radius 3 is 1.05 bits per heavy atom. The number of hydrogen-bond acceptors (Lipinski definition) is 14. The first-order valence-corrected chi connectivity index (χ1v) is 27.8. The second-order valence-electron chi connectivity index (χ2n) is 20.9. The molecule has 2 aliphatic heterocycles. The Balaban J connectivity index is 0.000000178. The number of aromatic hydroxyl groups is 2. The maximum Gasteiger partial charge on any atom is 0.335 e. The number of ether oxygens (including phenoxy) is 2. The summed E-state index contributed by atoms with van der Waals surface area (Å²) in [5.74, 6) is -3.04. The molecule has 6 aromatic carbocycles. The summed E-state index contributed by atoms with van der Waals surface area (Å²) in [6.45, 7) is 8.35. The van der Waals surface area contributed by atoms with Crippen LogP contribution in [-0.4, -0.2) is 162 Å². The van der Waals surface area contributed by atoms with E-state index in [1.54, 1.807) is 0 Å². The number of benzene rings is 6. The Labute approximate surface area is 476 Å². The molecule has 0 amide bonds. The highest BCUT2D eigenvalue weighted by Crippen LogP contribution is 2.48. The summed E-state index contributed by atoms with van der Waals surface area (Å²) in [6, 6.07) is 50.9. The summed E-state index contributed by atoms with van der Waals surface area (Å²) < 4.78 is 12.1. The average molecular weight is 1130 g/mol. The minimum atomic E-state index is -2.27. The molecule has 0 saturated carbocycles. The van der Waals surface area contributed by atoms with Gasteiger partial charge in [0, 0.05) is 24.9 Å². The third kappa shape index (κ3) is 17.1. The van der Waals surface area contributed by atoms with Crippen LogP contribution in [0.3, 0.4) is 0 Å². The van der Waals surface area contributed by atoms with E-state index in [4.69, 9.17) is 50.3 Å². The molecule has 10 rings (SSSR count). The van der Waals surface area contributed by atoms with Crippen molar-refractivity contribution in [1.29, 1.82) is 0 Å². The maximum atomic E-state index is 10.0. The van der Waals surface area contributed by atoms with Crippen LogP contribution < -0.4 is 9.47 Å². The van der Waals surface area contributed by atoms with E-state index in [2.05, 4.69) is 131 Å². The molecule has 0 bridgehead atoms. The van der Waals surface area contributed by atoms with Gasteiger partial charge in [0.05, 0.1) is 0 Å². The van der Waals surface area contributed by atoms with Gasteiger partial charge < -0.3 is 60.5 Å². The van der Waals surface area contributed by atoms with Gasteiger partial charge in [0.1, 0.15) is 36.2 Å². The molecule has 2 aliphatic carbocycles. The predicted octanol–water partition coefficient (Wildman–Crippen LogP) is 7.21. The topological polar surface area (TPSA) is 296 Å². The molecular formula is C64H74N2O16. The van der Waals surface area contributed by atoms with Crippen LogP contribution in [0.25, 0.3) is 0 Å². The predicted molar refractivity (Wildman–Crippen MR) is 305 cm³/mol. The standard InChI is InChI=1S/2C28H31NO2.2C4H6O6/c2*30-24-11-15-27-23(20-24)10-14-26(21-6-2-1-3-7-21)28(27)22-8-12-25(13-9-22)31-19-18-29-16-4-5-17-29;2*5-1(3(7)8)2(6)4(9)10/h2*1-3,6-9,11-13,15,20,26,28,30H,4-5,10,14,16-19H2;2*1-2,5-6H,(H,7,8)(H,9,10)/t2*26-,28+;2*1-,2-/m1100/s1. The van der Waals surface area contributed by atoms with Crippen LogP contribution in [0.1, 0.15) is 107 Å². The van der Waals surface area contributed by atoms with Gasteiger partial charge in [0.15, 0.2) is 24.4 Å². The third-order valence-corrected chi connectivity index (χ3v) is 15.5. The maximum absolute atomic E-state index is 10.0. The second kappa shape index (κ2) is 30.3. The summed E-state index contributed by atoms with van der Waals surface area (Å²) in [5, 5.41) is 85.1. The molecule has 4 aliphatic rings. The lowest BCUT2D eigenvalue weighted by Crippen LogP contribution is -2.39. The Hall–Kier alpha value is -7.84. The molecule has 8 atom stereocenters. The van der Waals surface area contributed by atoms with Crippen LogP contribution in [0.4, 0.5) is 0 Å². The number of phenolic OH excluding ortho intramolecular Hbond substituents is 2. The third-order valence-electron chi connectivity index (χ3n) is 15.5. The number of fused-ring (bicyclic) bond motifs is 2. The largest absolute Gasteiger partial charge is 0.508 e. The van der Waals surface area contributed by atoms with Crippen LogP contribution in [0.2, 0.25) is 0 Å². The summed E-state index contributed by atoms with van der Waals surface area (Å²) >= 11 is 0. The monoisotopic (exact) mass is 1130 g/mol. The van der Waals surface area contributed by atoms with Gasteiger partial charge in [-0.15, -0.1) is 0 Å². The molecule has 0 unspecified atom stereocenters. The number of carboxylic acids is 4. The Morgan fingerprint density at radius 2 is 0.744 bits per heavy atom. The average Bonchev–Trinajstić information content (AvgIpc) is 3.53. The Kier molecular flexibility index (Phi) is 22.8. The van der Waals surface area contributed by atoms with Gasteiger partial charge in [0.25, 0.3) is 0 Å². The number of aliphatic hydroxyl groups is 4. The highest BCUT2D eigenvalue weighted by Gasteiger charge is 2.34. The summed E-state index contributed by atoms with van der Waals surface area (Å²) in [6.07, 6.45) is 0.365. The van der Waals surface area contributed by atoms with E-state index in [9.17, 15) is 29.4 Å². The first-order valence-electron chi connectivity index (χ1n) is 27.8. The highest BCUT2D eigenvalue weighted by molar-refractivity contribution is 5.83. The summed E-state index contributed by atoms with van der Waals surface area (Å²) in [5.41, 5.74) is 10.6. The zero-order valence-electron chi connectivity index (χ0n) is 45.6. The van der Waals surface area contributed by atoms with E-state index < -0.39 is 48.3 Å². The molecule has 2 heterocycles. The second-order valence-corrected chi connectivity index (χ2v) is 20.9. The minimum absolute atomic E-state index is 0.283. The number of likely N-dealkylation sites (tertiary alicyclic amines) is 2. The van der Waals surface area contributed by atoms with Crippen LogP contribution in [0, 0.1) is 0 Å². The number of hydrogen-bond donors (Lipinski definition) is 10. The fourth-order valence-electron chi connectivity index (χ4n) is 11.2. The van der Waals surface area contributed by atoms with E-state index in [0.717, 1.165) is 63.5 Å². The fraction of sp³-hybridized carbons (Fsp3) is 0.375. The zero-order valence-corrected chi connectivity index (χ0v) is 45.6. The molecule has 2 fully saturated rings. The van der Waals surface area contributed by atoms with Crippen LogP contribution in [-0.2, 0) is 32.0 Å². The van der Waals surface area contributed by atoms with Gasteiger partial charge in [0.2, 0.25) is 0 Å². The normalized spacial score (nSPS) is 19.8. The van der Waals surface area contributed by atoms with Gasteiger partial charge in [-0.2, -0.15) is 0 Å². The van der Waals surface area contributed by atoms with Crippen molar-refractivity contribution in [3.63, 3.8) is 0 Å². The van der Waals surface area contributed by atoms with Crippen molar-refractivity contribution in [3.05, 3.63) is 190 Å². The number of rotatable bonds is 18. The minimum Gasteiger partial charge on any atom is -0.508 e. The molecule has 10 N–H and O–H groups in total. The molecular weight excluding hydrogens is 1050 g/mol. The van der Waals surface area contributed by atoms with E-state index in [0.29, 0.717) is 23.3 Å². The van der Waals surface area contributed by atoms with Crippen LogP contribution >= 0.6 is 0 Å². The molecule has 18 heteroatoms. The van der Waals surface area contributed by atoms with Crippen molar-refractivity contribution < 1.29 is 79.7 Å². The van der Waals surface area contributed by atoms with Crippen LogP contribution in [0.15, 0.2) is 146 Å². The number of aryl methyl sites for hydroxylation is 2. The SMILES string of the molecule is O=C(O)[C@@H](O)[C@H](O)C(=O)O.O=C(O)[C@@H](O)[C@H](O)C(=O)O.Oc1ccc2c(c1)CC[C@H](c1ccccc1)[C@@H]2c1ccc(OCCN2CCCC2)cc1.Oc1ccc2c(c1)CC[C@H](c1ccccc1)[C@@H]2c1ccc(OCCN2CCCC2)cc1. The van der Waals surface area contributed by atoms with Gasteiger partial charge >= 0.3 is 23.9 Å². The van der Waals surface area contributed by atoms with Gasteiger partial charge in [-0.1, -0.05) is 97.1 Å². The van der Waals surface area contributed by atoms with Gasteiger partial charge in [-0.05, 0) is 182 Å². The Bertz CT molecular complexity index is 2750. The molecule has 436 valence electrons. The molecule has 6 aromatic rings. The van der Waals surface area contributed by atoms with Crippen molar-refractivity contribution in [2.75, 3.05) is 52.5 Å². The van der Waals surface area contributed by atoms with Crippen LogP contribution in [0.5, 0.6) is 23.0 Å². The molecule has 0 aromatic heterocycles. The fourth-order valence-corrected chi connectivity index (χ4v) is 11.2. The summed E-state index contributed by atoms with van der Waals surface area (Å²) in [7, 11) is 0. The lowest BCUT2D eigenvalue weighted by Gasteiger charge is -2.35. The highest BCUT2D eigenvalue weighted by atomic mass is 16.5. The van der Waals surface area contributed by atoms with Crippen molar-refractivity contribution >= 4 is 23.9 Å². The number of phenols is 2. The lowest BCUT2D eigenvalue weighted by atomic mass is 9.69. The van der Waals surface area contributed by atoms with Gasteiger partial charge in [-0.3, -0.25) is 9.80 Å². The summed E-state index contributed by atoms with van der Waals surface area (Å²) in [4.78, 5) is 44.0.